The molecule has 102 valence electrons. The predicted octanol–water partition coefficient (Wildman–Crippen LogP) is 1.87. The lowest BCUT2D eigenvalue weighted by molar-refractivity contribution is -0.148. The fourth-order valence-corrected chi connectivity index (χ4v) is 2.86. The topological polar surface area (TPSA) is 57.6 Å². The van der Waals surface area contributed by atoms with Crippen LogP contribution >= 0.6 is 0 Å². The number of hydrogen-bond acceptors (Lipinski definition) is 2. The van der Waals surface area contributed by atoms with Crippen LogP contribution in [-0.4, -0.2) is 34.5 Å². The number of carbonyl (C=O) groups is 2. The summed E-state index contributed by atoms with van der Waals surface area (Å²) < 4.78 is 0. The van der Waals surface area contributed by atoms with Crippen molar-refractivity contribution in [1.82, 2.24) is 4.90 Å². The maximum Gasteiger partial charge on any atom is 0.326 e. The molecule has 0 aliphatic heterocycles. The van der Waals surface area contributed by atoms with Crippen LogP contribution in [0.1, 0.15) is 30.9 Å². The van der Waals surface area contributed by atoms with Crippen LogP contribution in [0, 0.1) is 0 Å². The number of carboxylic acids is 1. The number of aliphatic carboxylic acids is 1. The molecular formula is C15H19NO3. The minimum atomic E-state index is -0.923. The molecule has 0 saturated carbocycles. The van der Waals surface area contributed by atoms with Crippen molar-refractivity contribution in [2.75, 3.05) is 0 Å². The Morgan fingerprint density at radius 1 is 1.47 bits per heavy atom. The van der Waals surface area contributed by atoms with Crippen LogP contribution in [0.15, 0.2) is 24.3 Å². The van der Waals surface area contributed by atoms with E-state index in [2.05, 4.69) is 12.1 Å². The van der Waals surface area contributed by atoms with Gasteiger partial charge in [0, 0.05) is 6.04 Å². The predicted molar refractivity (Wildman–Crippen MR) is 71.9 cm³/mol. The number of nitrogens with zero attached hydrogens (tertiary/aromatic N) is 1. The van der Waals surface area contributed by atoms with Crippen molar-refractivity contribution in [1.29, 1.82) is 0 Å². The molecular weight excluding hydrogens is 242 g/mol. The summed E-state index contributed by atoms with van der Waals surface area (Å²) in [6.45, 7) is 1.80. The van der Waals surface area contributed by atoms with E-state index in [0.717, 1.165) is 19.3 Å². The number of fused-ring (bicyclic) bond motifs is 1. The zero-order valence-corrected chi connectivity index (χ0v) is 11.1. The van der Waals surface area contributed by atoms with Crippen LogP contribution in [0.25, 0.3) is 0 Å². The monoisotopic (exact) mass is 261 g/mol. The Bertz CT molecular complexity index is 472. The highest BCUT2D eigenvalue weighted by Gasteiger charge is 2.31. The van der Waals surface area contributed by atoms with E-state index < -0.39 is 12.0 Å². The summed E-state index contributed by atoms with van der Waals surface area (Å²) in [7, 11) is 0. The summed E-state index contributed by atoms with van der Waals surface area (Å²) in [6, 6.07) is 7.45. The van der Waals surface area contributed by atoms with E-state index in [0.29, 0.717) is 12.8 Å². The molecule has 0 saturated heterocycles. The summed E-state index contributed by atoms with van der Waals surface area (Å²) in [5.41, 5.74) is 2.54. The molecule has 1 aliphatic rings. The Balaban J connectivity index is 2.18. The molecule has 1 aromatic carbocycles. The van der Waals surface area contributed by atoms with Gasteiger partial charge in [-0.1, -0.05) is 31.2 Å². The second kappa shape index (κ2) is 5.87. The zero-order chi connectivity index (χ0) is 13.8. The minimum Gasteiger partial charge on any atom is -0.480 e. The smallest absolute Gasteiger partial charge is 0.326 e. The van der Waals surface area contributed by atoms with Crippen molar-refractivity contribution in [2.24, 2.45) is 0 Å². The molecule has 2 atom stereocenters. The fourth-order valence-electron chi connectivity index (χ4n) is 2.86. The molecule has 0 spiro atoms. The molecule has 2 rings (SSSR count). The number of hydrogen-bond donors (Lipinski definition) is 1. The standard InChI is InChI=1S/C15H19NO3/c1-2-14(15(18)19)16(10-17)13-8-7-11-5-3-4-6-12(11)9-13/h3-6,10,13-14H,2,7-9H2,1H3,(H,18,19). The van der Waals surface area contributed by atoms with E-state index in [1.165, 1.54) is 16.0 Å². The molecule has 0 heterocycles. The third-order valence-corrected chi connectivity index (χ3v) is 3.90. The van der Waals surface area contributed by atoms with Gasteiger partial charge >= 0.3 is 5.97 Å². The Kier molecular flexibility index (Phi) is 4.20. The fraction of sp³-hybridized carbons (Fsp3) is 0.467. The molecule has 1 aromatic rings. The SMILES string of the molecule is CCC(C(=O)O)N(C=O)C1CCc2ccccc2C1. The Morgan fingerprint density at radius 2 is 2.16 bits per heavy atom. The number of aryl methyl sites for hydroxylation is 1. The zero-order valence-electron chi connectivity index (χ0n) is 11.1. The summed E-state index contributed by atoms with van der Waals surface area (Å²) in [5.74, 6) is -0.923. The van der Waals surface area contributed by atoms with Gasteiger partial charge in [0.15, 0.2) is 0 Å². The number of carboxylic acid groups (broad SMARTS) is 1. The van der Waals surface area contributed by atoms with Gasteiger partial charge in [-0.3, -0.25) is 4.79 Å². The van der Waals surface area contributed by atoms with Gasteiger partial charge in [0.1, 0.15) is 6.04 Å². The van der Waals surface area contributed by atoms with Crippen LogP contribution in [0.2, 0.25) is 0 Å². The van der Waals surface area contributed by atoms with Gasteiger partial charge in [-0.2, -0.15) is 0 Å². The number of benzene rings is 1. The number of carbonyl (C=O) groups excluding carboxylic acids is 1. The van der Waals surface area contributed by atoms with Gasteiger partial charge in [0.2, 0.25) is 6.41 Å². The first-order valence-corrected chi connectivity index (χ1v) is 6.69. The number of amides is 1. The van der Waals surface area contributed by atoms with Gasteiger partial charge in [0.05, 0.1) is 0 Å². The average molecular weight is 261 g/mol. The molecule has 0 radical (unpaired) electrons. The maximum absolute atomic E-state index is 11.3. The van der Waals surface area contributed by atoms with Crippen molar-refractivity contribution in [3.63, 3.8) is 0 Å². The summed E-state index contributed by atoms with van der Waals surface area (Å²) >= 11 is 0. The molecule has 1 aliphatic carbocycles. The van der Waals surface area contributed by atoms with Gasteiger partial charge in [0.25, 0.3) is 0 Å². The largest absolute Gasteiger partial charge is 0.480 e. The number of rotatable bonds is 5. The Hall–Kier alpha value is -1.84. The quantitative estimate of drug-likeness (QED) is 0.823. The van der Waals surface area contributed by atoms with Crippen molar-refractivity contribution in [3.05, 3.63) is 35.4 Å². The average Bonchev–Trinajstić information content (AvgIpc) is 2.43. The molecule has 0 aromatic heterocycles. The lowest BCUT2D eigenvalue weighted by Crippen LogP contribution is -2.48. The third-order valence-electron chi connectivity index (χ3n) is 3.90. The molecule has 0 bridgehead atoms. The summed E-state index contributed by atoms with van der Waals surface area (Å²) in [4.78, 5) is 24.0. The van der Waals surface area contributed by atoms with E-state index in [-0.39, 0.29) is 6.04 Å². The second-order valence-electron chi connectivity index (χ2n) is 4.98. The first-order valence-electron chi connectivity index (χ1n) is 6.69. The highest BCUT2D eigenvalue weighted by molar-refractivity contribution is 5.76. The van der Waals surface area contributed by atoms with Crippen LogP contribution < -0.4 is 0 Å². The molecule has 1 N–H and O–H groups in total. The first-order chi connectivity index (χ1) is 9.17. The van der Waals surface area contributed by atoms with E-state index in [9.17, 15) is 14.7 Å². The Labute approximate surface area is 113 Å². The van der Waals surface area contributed by atoms with Crippen LogP contribution in [-0.2, 0) is 22.4 Å². The Morgan fingerprint density at radius 3 is 2.74 bits per heavy atom. The summed E-state index contributed by atoms with van der Waals surface area (Å²) in [5, 5.41) is 9.20. The van der Waals surface area contributed by atoms with E-state index in [1.807, 2.05) is 12.1 Å². The maximum atomic E-state index is 11.3. The van der Waals surface area contributed by atoms with Gasteiger partial charge in [-0.25, -0.2) is 4.79 Å². The van der Waals surface area contributed by atoms with Crippen LogP contribution in [0.3, 0.4) is 0 Å². The van der Waals surface area contributed by atoms with Gasteiger partial charge in [-0.15, -0.1) is 0 Å². The van der Waals surface area contributed by atoms with E-state index in [4.69, 9.17) is 0 Å². The van der Waals surface area contributed by atoms with E-state index >= 15 is 0 Å². The normalized spacial score (nSPS) is 19.3. The highest BCUT2D eigenvalue weighted by atomic mass is 16.4. The molecule has 2 unspecified atom stereocenters. The highest BCUT2D eigenvalue weighted by Crippen LogP contribution is 2.25. The lowest BCUT2D eigenvalue weighted by Gasteiger charge is -2.35. The van der Waals surface area contributed by atoms with Crippen molar-refractivity contribution < 1.29 is 14.7 Å². The molecule has 4 heteroatoms. The second-order valence-corrected chi connectivity index (χ2v) is 4.98. The molecule has 4 nitrogen and oxygen atoms in total. The van der Waals surface area contributed by atoms with Gasteiger partial charge in [-0.05, 0) is 36.8 Å². The van der Waals surface area contributed by atoms with Gasteiger partial charge < -0.3 is 10.0 Å². The molecule has 1 amide bonds. The summed E-state index contributed by atoms with van der Waals surface area (Å²) in [6.07, 6.45) is 3.62. The first kappa shape index (κ1) is 13.6. The van der Waals surface area contributed by atoms with E-state index in [1.54, 1.807) is 6.92 Å². The van der Waals surface area contributed by atoms with Crippen LogP contribution in [0.5, 0.6) is 0 Å². The third kappa shape index (κ3) is 2.78. The lowest BCUT2D eigenvalue weighted by atomic mass is 9.87. The molecule has 0 fully saturated rings. The van der Waals surface area contributed by atoms with Crippen LogP contribution in [0.4, 0.5) is 0 Å². The minimum absolute atomic E-state index is 0.00606. The molecule has 19 heavy (non-hydrogen) atoms. The van der Waals surface area contributed by atoms with Crippen molar-refractivity contribution in [2.45, 2.75) is 44.7 Å². The van der Waals surface area contributed by atoms with Crippen molar-refractivity contribution in [3.8, 4) is 0 Å². The van der Waals surface area contributed by atoms with Crippen molar-refractivity contribution >= 4 is 12.4 Å².